The summed E-state index contributed by atoms with van der Waals surface area (Å²) in [7, 11) is 0. The van der Waals surface area contributed by atoms with Gasteiger partial charge in [-0.15, -0.1) is 0 Å². The Morgan fingerprint density at radius 1 is 0.733 bits per heavy atom. The van der Waals surface area contributed by atoms with E-state index in [0.29, 0.717) is 43.0 Å². The van der Waals surface area contributed by atoms with E-state index >= 15 is 0 Å². The topological polar surface area (TPSA) is 52.7 Å². The summed E-state index contributed by atoms with van der Waals surface area (Å²) in [6, 6.07) is 22.3. The molecule has 0 unspecified atom stereocenters. The number of carbonyl (C=O) groups excluding carboxylic acids is 2. The quantitative estimate of drug-likeness (QED) is 0.715. The predicted molar refractivity (Wildman–Crippen MR) is 115 cm³/mol. The summed E-state index contributed by atoms with van der Waals surface area (Å²) < 4.78 is 13.1. The minimum atomic E-state index is -0.254. The fraction of sp³-hybridized carbons (Fsp3) is 0.167. The second-order valence-electron chi connectivity index (χ2n) is 7.15. The van der Waals surface area contributed by atoms with Crippen molar-refractivity contribution >= 4 is 23.2 Å². The van der Waals surface area contributed by atoms with E-state index in [2.05, 4.69) is 10.2 Å². The standard InChI is InChI=1S/C24H22FN3O2/c25-20-8-12-22(13-9-20)27-14-16-28(17-15-27)24(30)19-6-10-21(11-7-19)26-23(29)18-4-2-1-3-5-18/h1-13H,14-17H2,(H,26,29). The van der Waals surface area contributed by atoms with E-state index in [4.69, 9.17) is 0 Å². The first-order chi connectivity index (χ1) is 14.6. The van der Waals surface area contributed by atoms with E-state index in [1.54, 1.807) is 48.5 Å². The molecule has 3 aromatic rings. The Bertz CT molecular complexity index is 1010. The summed E-state index contributed by atoms with van der Waals surface area (Å²) in [6.07, 6.45) is 0. The first-order valence-corrected chi connectivity index (χ1v) is 9.86. The lowest BCUT2D eigenvalue weighted by molar-refractivity contribution is 0.0746. The molecule has 6 heteroatoms. The molecule has 5 nitrogen and oxygen atoms in total. The molecule has 1 fully saturated rings. The van der Waals surface area contributed by atoms with Crippen LogP contribution in [-0.4, -0.2) is 42.9 Å². The van der Waals surface area contributed by atoms with Crippen LogP contribution in [0.15, 0.2) is 78.9 Å². The highest BCUT2D eigenvalue weighted by Gasteiger charge is 2.22. The number of carbonyl (C=O) groups is 2. The zero-order valence-corrected chi connectivity index (χ0v) is 16.4. The second-order valence-corrected chi connectivity index (χ2v) is 7.15. The van der Waals surface area contributed by atoms with Crippen molar-refractivity contribution in [2.24, 2.45) is 0 Å². The van der Waals surface area contributed by atoms with Crippen LogP contribution in [0.5, 0.6) is 0 Å². The molecule has 0 aromatic heterocycles. The van der Waals surface area contributed by atoms with Crippen molar-refractivity contribution < 1.29 is 14.0 Å². The third-order valence-electron chi connectivity index (χ3n) is 5.18. The first kappa shape index (κ1) is 19.6. The van der Waals surface area contributed by atoms with Gasteiger partial charge in [-0.25, -0.2) is 4.39 Å². The average Bonchev–Trinajstić information content (AvgIpc) is 2.80. The van der Waals surface area contributed by atoms with Crippen molar-refractivity contribution in [3.05, 3.63) is 95.8 Å². The Kier molecular flexibility index (Phi) is 5.75. The molecular formula is C24H22FN3O2. The number of nitrogens with zero attached hydrogens (tertiary/aromatic N) is 2. The molecule has 152 valence electrons. The summed E-state index contributed by atoms with van der Waals surface area (Å²) >= 11 is 0. The van der Waals surface area contributed by atoms with Gasteiger partial charge < -0.3 is 15.1 Å². The van der Waals surface area contributed by atoms with Gasteiger partial charge in [0.25, 0.3) is 11.8 Å². The highest BCUT2D eigenvalue weighted by molar-refractivity contribution is 6.04. The summed E-state index contributed by atoms with van der Waals surface area (Å²) in [6.45, 7) is 2.59. The van der Waals surface area contributed by atoms with Crippen molar-refractivity contribution in [2.75, 3.05) is 36.4 Å². The maximum Gasteiger partial charge on any atom is 0.255 e. The van der Waals surface area contributed by atoms with E-state index in [0.717, 1.165) is 5.69 Å². The van der Waals surface area contributed by atoms with Gasteiger partial charge in [-0.3, -0.25) is 9.59 Å². The third-order valence-corrected chi connectivity index (χ3v) is 5.18. The fourth-order valence-electron chi connectivity index (χ4n) is 3.49. The van der Waals surface area contributed by atoms with Crippen molar-refractivity contribution in [1.82, 2.24) is 4.90 Å². The van der Waals surface area contributed by atoms with Crippen LogP contribution in [0.1, 0.15) is 20.7 Å². The molecule has 1 aliphatic rings. The Morgan fingerprint density at radius 2 is 1.37 bits per heavy atom. The van der Waals surface area contributed by atoms with Crippen molar-refractivity contribution in [2.45, 2.75) is 0 Å². The summed E-state index contributed by atoms with van der Waals surface area (Å²) in [5.74, 6) is -0.475. The van der Waals surface area contributed by atoms with Crippen LogP contribution < -0.4 is 10.2 Å². The number of anilines is 2. The molecule has 1 aliphatic heterocycles. The summed E-state index contributed by atoms with van der Waals surface area (Å²) in [4.78, 5) is 29.0. The van der Waals surface area contributed by atoms with Gasteiger partial charge in [0, 0.05) is 48.7 Å². The van der Waals surface area contributed by atoms with E-state index in [1.807, 2.05) is 23.1 Å². The molecule has 0 spiro atoms. The maximum atomic E-state index is 13.1. The number of halogens is 1. The van der Waals surface area contributed by atoms with Crippen LogP contribution >= 0.6 is 0 Å². The number of hydrogen-bond donors (Lipinski definition) is 1. The summed E-state index contributed by atoms with van der Waals surface area (Å²) in [5, 5.41) is 2.83. The zero-order valence-electron chi connectivity index (χ0n) is 16.4. The number of piperazine rings is 1. The van der Waals surface area contributed by atoms with Gasteiger partial charge in [-0.05, 0) is 60.7 Å². The summed E-state index contributed by atoms with van der Waals surface area (Å²) in [5.41, 5.74) is 2.77. The minimum Gasteiger partial charge on any atom is -0.368 e. The molecule has 0 bridgehead atoms. The molecular weight excluding hydrogens is 381 g/mol. The van der Waals surface area contributed by atoms with Crippen molar-refractivity contribution in [3.63, 3.8) is 0 Å². The Hall–Kier alpha value is -3.67. The van der Waals surface area contributed by atoms with Gasteiger partial charge in [-0.2, -0.15) is 0 Å². The van der Waals surface area contributed by atoms with Crippen LogP contribution in [0.2, 0.25) is 0 Å². The number of benzene rings is 3. The number of nitrogens with one attached hydrogen (secondary N) is 1. The van der Waals surface area contributed by atoms with Gasteiger partial charge in [0.1, 0.15) is 5.82 Å². The molecule has 4 rings (SSSR count). The monoisotopic (exact) mass is 403 g/mol. The van der Waals surface area contributed by atoms with Gasteiger partial charge >= 0.3 is 0 Å². The van der Waals surface area contributed by atoms with Crippen LogP contribution in [0, 0.1) is 5.82 Å². The normalized spacial score (nSPS) is 13.8. The number of rotatable bonds is 4. The largest absolute Gasteiger partial charge is 0.368 e. The number of hydrogen-bond acceptors (Lipinski definition) is 3. The fourth-order valence-corrected chi connectivity index (χ4v) is 3.49. The SMILES string of the molecule is O=C(Nc1ccc(C(=O)N2CCN(c3ccc(F)cc3)CC2)cc1)c1ccccc1. The smallest absolute Gasteiger partial charge is 0.255 e. The van der Waals surface area contributed by atoms with Gasteiger partial charge in [-0.1, -0.05) is 18.2 Å². The minimum absolute atomic E-state index is 0.0327. The van der Waals surface area contributed by atoms with Crippen molar-refractivity contribution in [1.29, 1.82) is 0 Å². The molecule has 1 N–H and O–H groups in total. The molecule has 0 saturated carbocycles. The molecule has 1 heterocycles. The van der Waals surface area contributed by atoms with E-state index < -0.39 is 0 Å². The average molecular weight is 403 g/mol. The Morgan fingerprint density at radius 3 is 2.00 bits per heavy atom. The first-order valence-electron chi connectivity index (χ1n) is 9.86. The Labute approximate surface area is 174 Å². The zero-order chi connectivity index (χ0) is 20.9. The molecule has 3 aromatic carbocycles. The predicted octanol–water partition coefficient (Wildman–Crippen LogP) is 4.04. The van der Waals surface area contributed by atoms with Gasteiger partial charge in [0.15, 0.2) is 0 Å². The molecule has 0 radical (unpaired) electrons. The molecule has 30 heavy (non-hydrogen) atoms. The molecule has 2 amide bonds. The third kappa shape index (κ3) is 4.49. The molecule has 0 atom stereocenters. The van der Waals surface area contributed by atoms with E-state index in [1.165, 1.54) is 12.1 Å². The maximum absolute atomic E-state index is 13.1. The lowest BCUT2D eigenvalue weighted by atomic mass is 10.1. The van der Waals surface area contributed by atoms with Crippen LogP contribution in [0.25, 0.3) is 0 Å². The van der Waals surface area contributed by atoms with E-state index in [9.17, 15) is 14.0 Å². The molecule has 0 aliphatic carbocycles. The molecule has 1 saturated heterocycles. The van der Waals surface area contributed by atoms with Gasteiger partial charge in [0.2, 0.25) is 0 Å². The number of amides is 2. The lowest BCUT2D eigenvalue weighted by Crippen LogP contribution is -2.48. The van der Waals surface area contributed by atoms with E-state index in [-0.39, 0.29) is 17.6 Å². The second kappa shape index (κ2) is 8.78. The van der Waals surface area contributed by atoms with Gasteiger partial charge in [0.05, 0.1) is 0 Å². The highest BCUT2D eigenvalue weighted by atomic mass is 19.1. The van der Waals surface area contributed by atoms with Crippen LogP contribution in [0.4, 0.5) is 15.8 Å². The Balaban J connectivity index is 1.34. The lowest BCUT2D eigenvalue weighted by Gasteiger charge is -2.36. The van der Waals surface area contributed by atoms with Crippen LogP contribution in [-0.2, 0) is 0 Å². The van der Waals surface area contributed by atoms with Crippen molar-refractivity contribution in [3.8, 4) is 0 Å². The van der Waals surface area contributed by atoms with Crippen LogP contribution in [0.3, 0.4) is 0 Å². The highest BCUT2D eigenvalue weighted by Crippen LogP contribution is 2.19.